The van der Waals surface area contributed by atoms with E-state index >= 15 is 0 Å². The Balaban J connectivity index is 1.94. The van der Waals surface area contributed by atoms with Crippen LogP contribution in [0.15, 0.2) is 36.4 Å². The number of esters is 1. The maximum absolute atomic E-state index is 12.2. The van der Waals surface area contributed by atoms with Gasteiger partial charge in [0.05, 0.1) is 17.6 Å². The smallest absolute Gasteiger partial charge is 0.324 e. The van der Waals surface area contributed by atoms with Crippen molar-refractivity contribution in [1.29, 1.82) is 0 Å². The first-order valence-electron chi connectivity index (χ1n) is 7.77. The van der Waals surface area contributed by atoms with Gasteiger partial charge in [-0.2, -0.15) is 0 Å². The van der Waals surface area contributed by atoms with Gasteiger partial charge in [-0.05, 0) is 29.8 Å². The average Bonchev–Trinajstić information content (AvgIpc) is 2.89. The maximum atomic E-state index is 12.2. The van der Waals surface area contributed by atoms with Crippen LogP contribution in [-0.4, -0.2) is 27.9 Å². The number of ether oxygens (including phenoxy) is 1. The van der Waals surface area contributed by atoms with Gasteiger partial charge in [-0.15, -0.1) is 0 Å². The monoisotopic (exact) mass is 308 g/mol. The van der Waals surface area contributed by atoms with Crippen LogP contribution in [0.4, 0.5) is 0 Å². The van der Waals surface area contributed by atoms with E-state index in [9.17, 15) is 9.59 Å². The molecule has 0 saturated carbocycles. The summed E-state index contributed by atoms with van der Waals surface area (Å²) in [6.45, 7) is 2.55. The van der Waals surface area contributed by atoms with E-state index in [0.29, 0.717) is 18.8 Å². The highest BCUT2D eigenvalue weighted by Gasteiger charge is 2.37. The van der Waals surface area contributed by atoms with Crippen LogP contribution in [0.3, 0.4) is 0 Å². The van der Waals surface area contributed by atoms with Crippen molar-refractivity contribution >= 4 is 33.6 Å². The summed E-state index contributed by atoms with van der Waals surface area (Å²) in [5, 5.41) is 2.21. The number of benzene rings is 2. The molecule has 0 aliphatic carbocycles. The van der Waals surface area contributed by atoms with Crippen LogP contribution < -0.4 is 0 Å². The summed E-state index contributed by atoms with van der Waals surface area (Å²) in [6, 6.07) is 12.1. The Bertz CT molecular complexity index is 942. The normalized spacial score (nSPS) is 17.4. The van der Waals surface area contributed by atoms with Gasteiger partial charge in [0.1, 0.15) is 5.82 Å². The topological polar surface area (TPSA) is 61.2 Å². The van der Waals surface area contributed by atoms with E-state index in [1.165, 1.54) is 0 Å². The average molecular weight is 308 g/mol. The molecule has 0 bridgehead atoms. The molecule has 1 unspecified atom stereocenters. The summed E-state index contributed by atoms with van der Waals surface area (Å²) in [5.41, 5.74) is 1.77. The second kappa shape index (κ2) is 5.19. The molecule has 1 aromatic heterocycles. The second-order valence-electron chi connectivity index (χ2n) is 5.71. The highest BCUT2D eigenvalue weighted by Crippen LogP contribution is 2.31. The number of nitrogens with zero attached hydrogens (tertiary/aromatic N) is 2. The molecule has 4 rings (SSSR count). The van der Waals surface area contributed by atoms with Gasteiger partial charge in [-0.25, -0.2) is 4.98 Å². The van der Waals surface area contributed by atoms with E-state index in [4.69, 9.17) is 4.74 Å². The predicted octanol–water partition coefficient (Wildman–Crippen LogP) is 2.81. The molecule has 3 aromatic rings. The molecule has 0 radical (unpaired) electrons. The number of carbonyl (C=O) groups excluding carboxylic acids is 2. The third kappa shape index (κ3) is 2.11. The number of aromatic nitrogens is 2. The molecule has 5 nitrogen and oxygen atoms in total. The second-order valence-corrected chi connectivity index (χ2v) is 5.71. The first kappa shape index (κ1) is 13.9. The maximum Gasteiger partial charge on any atom is 0.324 e. The van der Waals surface area contributed by atoms with Crippen molar-refractivity contribution in [3.63, 3.8) is 0 Å². The number of aryl methyl sites for hydroxylation is 1. The minimum atomic E-state index is -0.904. The number of imidazole rings is 1. The van der Waals surface area contributed by atoms with E-state index in [-0.39, 0.29) is 12.4 Å². The fourth-order valence-corrected chi connectivity index (χ4v) is 3.26. The number of hydrogen-bond acceptors (Lipinski definition) is 4. The number of rotatable bonds is 2. The number of Topliss-reactive ketones (excluding diaryl/α,β-unsaturated/α-hetero) is 1. The molecule has 0 N–H and O–H groups in total. The Morgan fingerprint density at radius 1 is 1.30 bits per heavy atom. The lowest BCUT2D eigenvalue weighted by Crippen LogP contribution is -2.32. The van der Waals surface area contributed by atoms with Crippen LogP contribution in [0, 0.1) is 0 Å². The van der Waals surface area contributed by atoms with E-state index in [1.807, 2.05) is 34.9 Å². The van der Waals surface area contributed by atoms with Gasteiger partial charge in [0.15, 0.2) is 11.7 Å². The highest BCUT2D eigenvalue weighted by atomic mass is 16.5. The molecule has 5 heteroatoms. The van der Waals surface area contributed by atoms with Gasteiger partial charge in [-0.3, -0.25) is 9.59 Å². The summed E-state index contributed by atoms with van der Waals surface area (Å²) >= 11 is 0. The van der Waals surface area contributed by atoms with Gasteiger partial charge in [0.2, 0.25) is 0 Å². The van der Waals surface area contributed by atoms with Gasteiger partial charge < -0.3 is 9.30 Å². The van der Waals surface area contributed by atoms with Crippen LogP contribution >= 0.6 is 0 Å². The molecule has 2 heterocycles. The fraction of sp³-hybridized carbons (Fsp3) is 0.278. The van der Waals surface area contributed by atoms with E-state index in [2.05, 4.69) is 11.1 Å². The first-order valence-corrected chi connectivity index (χ1v) is 7.77. The van der Waals surface area contributed by atoms with Crippen molar-refractivity contribution in [1.82, 2.24) is 9.55 Å². The van der Waals surface area contributed by atoms with Crippen molar-refractivity contribution in [3.05, 3.63) is 42.2 Å². The summed E-state index contributed by atoms with van der Waals surface area (Å²) in [4.78, 5) is 29.0. The Hall–Kier alpha value is -2.69. The van der Waals surface area contributed by atoms with Crippen molar-refractivity contribution in [2.24, 2.45) is 0 Å². The molecule has 116 valence electrons. The van der Waals surface area contributed by atoms with Gasteiger partial charge in [0.25, 0.3) is 0 Å². The van der Waals surface area contributed by atoms with E-state index in [0.717, 1.165) is 21.8 Å². The molecule has 0 fully saturated rings. The Morgan fingerprint density at radius 3 is 2.78 bits per heavy atom. The lowest BCUT2D eigenvalue weighted by atomic mass is 9.97. The summed E-state index contributed by atoms with van der Waals surface area (Å²) < 4.78 is 7.05. The summed E-state index contributed by atoms with van der Waals surface area (Å²) in [7, 11) is 0. The van der Waals surface area contributed by atoms with E-state index < -0.39 is 11.9 Å². The van der Waals surface area contributed by atoms with Crippen molar-refractivity contribution in [3.8, 4) is 0 Å². The summed E-state index contributed by atoms with van der Waals surface area (Å²) in [5.74, 6) is -1.02. The summed E-state index contributed by atoms with van der Waals surface area (Å²) in [6.07, 6.45) is 0.328. The van der Waals surface area contributed by atoms with Crippen molar-refractivity contribution < 1.29 is 14.3 Å². The molecule has 1 aliphatic rings. The molecule has 1 atom stereocenters. The molecule has 1 aliphatic heterocycles. The molecular weight excluding hydrogens is 292 g/mol. The number of carbonyl (C=O) groups is 2. The number of hydrogen-bond donors (Lipinski definition) is 0. The van der Waals surface area contributed by atoms with Crippen LogP contribution in [0.1, 0.15) is 25.1 Å². The Kier molecular flexibility index (Phi) is 3.15. The van der Waals surface area contributed by atoms with Crippen LogP contribution in [0.25, 0.3) is 21.8 Å². The number of ketones is 1. The third-order valence-electron chi connectivity index (χ3n) is 4.33. The van der Waals surface area contributed by atoms with Crippen molar-refractivity contribution in [2.45, 2.75) is 25.8 Å². The molecule has 0 amide bonds. The lowest BCUT2D eigenvalue weighted by molar-refractivity contribution is -0.148. The van der Waals surface area contributed by atoms with Crippen LogP contribution in [-0.2, 0) is 20.9 Å². The molecular formula is C18H16N2O3. The Morgan fingerprint density at radius 2 is 2.04 bits per heavy atom. The number of fused-ring (bicyclic) bond motifs is 4. The first-order chi connectivity index (χ1) is 11.2. The third-order valence-corrected chi connectivity index (χ3v) is 4.33. The van der Waals surface area contributed by atoms with Gasteiger partial charge in [0, 0.05) is 13.0 Å². The molecule has 23 heavy (non-hydrogen) atoms. The zero-order chi connectivity index (χ0) is 16.0. The highest BCUT2D eigenvalue weighted by molar-refractivity contribution is 6.05. The quantitative estimate of drug-likeness (QED) is 0.539. The minimum Gasteiger partial charge on any atom is -0.465 e. The minimum absolute atomic E-state index is 0.115. The largest absolute Gasteiger partial charge is 0.465 e. The van der Waals surface area contributed by atoms with Gasteiger partial charge >= 0.3 is 5.97 Å². The molecule has 0 saturated heterocycles. The van der Waals surface area contributed by atoms with Crippen LogP contribution in [0.2, 0.25) is 0 Å². The van der Waals surface area contributed by atoms with Gasteiger partial charge in [-0.1, -0.05) is 24.3 Å². The predicted molar refractivity (Wildman–Crippen MR) is 86.2 cm³/mol. The molecule has 0 spiro atoms. The zero-order valence-corrected chi connectivity index (χ0v) is 12.8. The van der Waals surface area contributed by atoms with E-state index in [1.54, 1.807) is 6.92 Å². The van der Waals surface area contributed by atoms with Crippen molar-refractivity contribution in [2.75, 3.05) is 6.61 Å². The molecule has 2 aromatic carbocycles. The fourth-order valence-electron chi connectivity index (χ4n) is 3.26. The Labute approximate surface area is 132 Å². The zero-order valence-electron chi connectivity index (χ0n) is 12.8. The standard InChI is InChI=1S/C18H16N2O3/c1-2-23-18(22)16-15(21)7-8-20-14-10-12-6-4-3-5-11(12)9-13(14)19-17(16)20/h3-6,9-10,16H,2,7-8H2,1H3. The lowest BCUT2D eigenvalue weighted by Gasteiger charge is -2.21. The van der Waals surface area contributed by atoms with Crippen LogP contribution in [0.5, 0.6) is 0 Å². The SMILES string of the molecule is CCOC(=O)C1C(=O)CCn2c1nc1cc3ccccc3cc12.